The van der Waals surface area contributed by atoms with Gasteiger partial charge in [-0.2, -0.15) is 5.10 Å². The van der Waals surface area contributed by atoms with Crippen molar-refractivity contribution in [2.24, 2.45) is 0 Å². The second kappa shape index (κ2) is 6.51. The highest BCUT2D eigenvalue weighted by molar-refractivity contribution is 5.76. The van der Waals surface area contributed by atoms with E-state index in [0.29, 0.717) is 6.54 Å². The molecule has 0 spiro atoms. The number of carbonyl (C=O) groups is 1. The summed E-state index contributed by atoms with van der Waals surface area (Å²) in [6, 6.07) is 9.86. The maximum absolute atomic E-state index is 12.2. The highest BCUT2D eigenvalue weighted by Crippen LogP contribution is 2.22. The molecule has 1 fully saturated rings. The highest BCUT2D eigenvalue weighted by Gasteiger charge is 2.21. The van der Waals surface area contributed by atoms with E-state index in [0.717, 1.165) is 37.6 Å². The molecule has 1 aliphatic rings. The second-order valence-electron chi connectivity index (χ2n) is 5.27. The van der Waals surface area contributed by atoms with Gasteiger partial charge in [-0.25, -0.2) is 0 Å². The molecule has 1 aromatic carbocycles. The van der Waals surface area contributed by atoms with E-state index in [9.17, 15) is 4.79 Å². The highest BCUT2D eigenvalue weighted by atomic mass is 16.5. The first-order valence-corrected chi connectivity index (χ1v) is 7.40. The van der Waals surface area contributed by atoms with Gasteiger partial charge in [0.1, 0.15) is 12.3 Å². The molecule has 1 aliphatic heterocycles. The standard InChI is InChI=1S/C16H20N4O2/c1-22-15-5-2-4-14(12-15)18-8-10-19(11-9-18)16(21)13-20-7-3-6-17-20/h2-7,12H,8-11,13H2,1H3. The van der Waals surface area contributed by atoms with Crippen molar-refractivity contribution in [1.29, 1.82) is 0 Å². The minimum atomic E-state index is 0.119. The van der Waals surface area contributed by atoms with Crippen LogP contribution in [0, 0.1) is 0 Å². The van der Waals surface area contributed by atoms with Crippen LogP contribution in [0.5, 0.6) is 5.75 Å². The number of rotatable bonds is 4. The Labute approximate surface area is 129 Å². The van der Waals surface area contributed by atoms with E-state index in [1.165, 1.54) is 0 Å². The number of methoxy groups -OCH3 is 1. The van der Waals surface area contributed by atoms with Gasteiger partial charge in [0.25, 0.3) is 0 Å². The third kappa shape index (κ3) is 3.21. The van der Waals surface area contributed by atoms with Crippen LogP contribution in [0.25, 0.3) is 0 Å². The lowest BCUT2D eigenvalue weighted by Gasteiger charge is -2.36. The Hall–Kier alpha value is -2.50. The molecule has 0 bridgehead atoms. The number of hydrogen-bond donors (Lipinski definition) is 0. The summed E-state index contributed by atoms with van der Waals surface area (Å²) in [6.45, 7) is 3.44. The fraction of sp³-hybridized carbons (Fsp3) is 0.375. The van der Waals surface area contributed by atoms with Crippen LogP contribution in [0.15, 0.2) is 42.7 Å². The minimum absolute atomic E-state index is 0.119. The number of benzene rings is 1. The molecule has 0 saturated carbocycles. The molecular weight excluding hydrogens is 280 g/mol. The van der Waals surface area contributed by atoms with Crippen LogP contribution in [-0.2, 0) is 11.3 Å². The van der Waals surface area contributed by atoms with Crippen LogP contribution < -0.4 is 9.64 Å². The van der Waals surface area contributed by atoms with Gasteiger partial charge in [-0.05, 0) is 18.2 Å². The van der Waals surface area contributed by atoms with Gasteiger partial charge in [-0.1, -0.05) is 6.07 Å². The lowest BCUT2D eigenvalue weighted by molar-refractivity contribution is -0.132. The van der Waals surface area contributed by atoms with Crippen molar-refractivity contribution in [1.82, 2.24) is 14.7 Å². The van der Waals surface area contributed by atoms with E-state index < -0.39 is 0 Å². The van der Waals surface area contributed by atoms with Crippen molar-refractivity contribution >= 4 is 11.6 Å². The monoisotopic (exact) mass is 300 g/mol. The number of amides is 1. The molecule has 6 nitrogen and oxygen atoms in total. The molecule has 2 aromatic rings. The van der Waals surface area contributed by atoms with Crippen molar-refractivity contribution in [3.63, 3.8) is 0 Å². The number of hydrogen-bond acceptors (Lipinski definition) is 4. The summed E-state index contributed by atoms with van der Waals surface area (Å²) in [5.74, 6) is 0.976. The Balaban J connectivity index is 1.56. The van der Waals surface area contributed by atoms with Crippen LogP contribution in [0.2, 0.25) is 0 Å². The molecule has 1 aromatic heterocycles. The summed E-state index contributed by atoms with van der Waals surface area (Å²) in [7, 11) is 1.67. The molecule has 3 rings (SSSR count). The number of anilines is 1. The fourth-order valence-electron chi connectivity index (χ4n) is 2.65. The van der Waals surface area contributed by atoms with Crippen LogP contribution in [0.4, 0.5) is 5.69 Å². The summed E-state index contributed by atoms with van der Waals surface area (Å²) in [5, 5.41) is 4.08. The van der Waals surface area contributed by atoms with Gasteiger partial charge in [0.05, 0.1) is 7.11 Å². The second-order valence-corrected chi connectivity index (χ2v) is 5.27. The predicted octanol–water partition coefficient (Wildman–Crippen LogP) is 1.24. The molecule has 6 heteroatoms. The first-order valence-electron chi connectivity index (χ1n) is 7.40. The normalized spacial score (nSPS) is 15.0. The summed E-state index contributed by atoms with van der Waals surface area (Å²) in [5.41, 5.74) is 1.14. The maximum Gasteiger partial charge on any atom is 0.244 e. The fourth-order valence-corrected chi connectivity index (χ4v) is 2.65. The largest absolute Gasteiger partial charge is 0.497 e. The van der Waals surface area contributed by atoms with Gasteiger partial charge in [0.15, 0.2) is 0 Å². The van der Waals surface area contributed by atoms with E-state index >= 15 is 0 Å². The number of piperazine rings is 1. The number of nitrogens with zero attached hydrogens (tertiary/aromatic N) is 4. The zero-order valence-corrected chi connectivity index (χ0v) is 12.7. The Morgan fingerprint density at radius 2 is 2.05 bits per heavy atom. The number of carbonyl (C=O) groups excluding carboxylic acids is 1. The lowest BCUT2D eigenvalue weighted by atomic mass is 10.2. The Morgan fingerprint density at radius 1 is 1.23 bits per heavy atom. The van der Waals surface area contributed by atoms with Gasteiger partial charge >= 0.3 is 0 Å². The van der Waals surface area contributed by atoms with Crippen LogP contribution >= 0.6 is 0 Å². The van der Waals surface area contributed by atoms with Crippen molar-refractivity contribution in [2.45, 2.75) is 6.54 Å². The summed E-state index contributed by atoms with van der Waals surface area (Å²) < 4.78 is 6.93. The van der Waals surface area contributed by atoms with Crippen molar-refractivity contribution in [2.75, 3.05) is 38.2 Å². The van der Waals surface area contributed by atoms with Crippen molar-refractivity contribution in [3.8, 4) is 5.75 Å². The zero-order valence-electron chi connectivity index (χ0n) is 12.7. The Morgan fingerprint density at radius 3 is 2.73 bits per heavy atom. The molecule has 0 radical (unpaired) electrons. The molecule has 116 valence electrons. The molecule has 0 unspecified atom stereocenters. The van der Waals surface area contributed by atoms with Gasteiger partial charge < -0.3 is 14.5 Å². The summed E-state index contributed by atoms with van der Waals surface area (Å²) in [6.07, 6.45) is 3.50. The molecule has 0 aliphatic carbocycles. The molecule has 0 atom stereocenters. The maximum atomic E-state index is 12.2. The molecule has 1 amide bonds. The number of aromatic nitrogens is 2. The van der Waals surface area contributed by atoms with E-state index in [1.54, 1.807) is 18.0 Å². The van der Waals surface area contributed by atoms with Gasteiger partial charge in [0.2, 0.25) is 5.91 Å². The molecular formula is C16H20N4O2. The smallest absolute Gasteiger partial charge is 0.244 e. The van der Waals surface area contributed by atoms with Crippen molar-refractivity contribution in [3.05, 3.63) is 42.7 Å². The van der Waals surface area contributed by atoms with Crippen LogP contribution in [0.1, 0.15) is 0 Å². The third-order valence-electron chi connectivity index (χ3n) is 3.91. The minimum Gasteiger partial charge on any atom is -0.497 e. The average Bonchev–Trinajstić information content (AvgIpc) is 3.08. The molecule has 2 heterocycles. The van der Waals surface area contributed by atoms with Gasteiger partial charge in [-0.15, -0.1) is 0 Å². The first-order chi connectivity index (χ1) is 10.8. The molecule has 1 saturated heterocycles. The van der Waals surface area contributed by atoms with Gasteiger partial charge in [0, 0.05) is 50.3 Å². The molecule has 22 heavy (non-hydrogen) atoms. The lowest BCUT2D eigenvalue weighted by Crippen LogP contribution is -2.49. The van der Waals surface area contributed by atoms with E-state index in [2.05, 4.69) is 16.1 Å². The van der Waals surface area contributed by atoms with Crippen LogP contribution in [0.3, 0.4) is 0 Å². The third-order valence-corrected chi connectivity index (χ3v) is 3.91. The van der Waals surface area contributed by atoms with E-state index in [1.807, 2.05) is 35.4 Å². The Bertz CT molecular complexity index is 619. The SMILES string of the molecule is COc1cccc(N2CCN(C(=O)Cn3cccn3)CC2)c1. The predicted molar refractivity (Wildman–Crippen MR) is 84.0 cm³/mol. The summed E-state index contributed by atoms with van der Waals surface area (Å²) in [4.78, 5) is 16.4. The van der Waals surface area contributed by atoms with Crippen LogP contribution in [-0.4, -0.2) is 53.9 Å². The van der Waals surface area contributed by atoms with E-state index in [4.69, 9.17) is 4.74 Å². The van der Waals surface area contributed by atoms with E-state index in [-0.39, 0.29) is 5.91 Å². The zero-order chi connectivity index (χ0) is 15.4. The first kappa shape index (κ1) is 14.4. The van der Waals surface area contributed by atoms with Crippen molar-refractivity contribution < 1.29 is 9.53 Å². The quantitative estimate of drug-likeness (QED) is 0.852. The van der Waals surface area contributed by atoms with Gasteiger partial charge in [-0.3, -0.25) is 9.48 Å². The number of ether oxygens (including phenoxy) is 1. The molecule has 0 N–H and O–H groups in total. The Kier molecular flexibility index (Phi) is 4.27. The summed E-state index contributed by atoms with van der Waals surface area (Å²) >= 11 is 0. The average molecular weight is 300 g/mol. The topological polar surface area (TPSA) is 50.6 Å².